The van der Waals surface area contributed by atoms with Gasteiger partial charge in [0.2, 0.25) is 0 Å². The minimum atomic E-state index is 0.758. The molecule has 1 aromatic heterocycles. The largest absolute Gasteiger partial charge is 0.302 e. The molecule has 0 aliphatic carbocycles. The molecule has 0 aliphatic rings. The molecule has 56 valence electrons. The van der Waals surface area contributed by atoms with Crippen LogP contribution in [0.25, 0.3) is 0 Å². The summed E-state index contributed by atoms with van der Waals surface area (Å²) in [6.07, 6.45) is 1.80. The molecule has 4 heteroatoms. The normalized spacial score (nSPS) is 10.7. The van der Waals surface area contributed by atoms with Crippen LogP contribution in [0.15, 0.2) is 11.6 Å². The van der Waals surface area contributed by atoms with E-state index in [0.29, 0.717) is 0 Å². The van der Waals surface area contributed by atoms with Gasteiger partial charge in [-0.15, -0.1) is 11.3 Å². The van der Waals surface area contributed by atoms with E-state index in [9.17, 15) is 0 Å². The van der Waals surface area contributed by atoms with Crippen molar-refractivity contribution in [2.24, 2.45) is 0 Å². The summed E-state index contributed by atoms with van der Waals surface area (Å²) in [6.45, 7) is 0.758. The average molecular weight is 158 g/mol. The van der Waals surface area contributed by atoms with Gasteiger partial charge in [0.15, 0.2) is 0 Å². The topological polar surface area (TPSA) is 25.4 Å². The van der Waals surface area contributed by atoms with Crippen molar-refractivity contribution in [2.75, 3.05) is 14.2 Å². The van der Waals surface area contributed by atoms with E-state index in [1.54, 1.807) is 29.7 Å². The Morgan fingerprint density at radius 2 is 2.60 bits per heavy atom. The molecule has 1 heterocycles. The molecule has 0 N–H and O–H groups in total. The Labute approximate surface area is 64.2 Å². The summed E-state index contributed by atoms with van der Waals surface area (Å²) in [5, 5.41) is 4.77. The number of nitrogens with zero attached hydrogens (tertiary/aromatic N) is 2. The van der Waals surface area contributed by atoms with E-state index in [1.807, 2.05) is 12.4 Å². The summed E-state index contributed by atoms with van der Waals surface area (Å²) < 4.78 is 0. The van der Waals surface area contributed by atoms with Crippen LogP contribution in [0.1, 0.15) is 5.01 Å². The molecule has 0 spiro atoms. The van der Waals surface area contributed by atoms with E-state index < -0.39 is 0 Å². The van der Waals surface area contributed by atoms with Crippen molar-refractivity contribution in [3.8, 4) is 0 Å². The van der Waals surface area contributed by atoms with Crippen LogP contribution >= 0.6 is 11.3 Å². The van der Waals surface area contributed by atoms with Gasteiger partial charge in [0, 0.05) is 18.6 Å². The molecule has 0 saturated heterocycles. The molecule has 0 saturated carbocycles. The molecule has 0 amide bonds. The summed E-state index contributed by atoms with van der Waals surface area (Å²) in [4.78, 5) is 9.02. The van der Waals surface area contributed by atoms with Crippen molar-refractivity contribution in [3.05, 3.63) is 16.6 Å². The van der Waals surface area contributed by atoms with Gasteiger partial charge in [0.25, 0.3) is 0 Å². The van der Waals surface area contributed by atoms with Gasteiger partial charge < -0.3 is 4.84 Å². The van der Waals surface area contributed by atoms with E-state index in [4.69, 9.17) is 4.84 Å². The molecule has 0 radical (unpaired) electrons. The van der Waals surface area contributed by atoms with Crippen LogP contribution in [0.2, 0.25) is 0 Å². The zero-order valence-corrected chi connectivity index (χ0v) is 6.89. The van der Waals surface area contributed by atoms with Gasteiger partial charge in [0.1, 0.15) is 5.01 Å². The van der Waals surface area contributed by atoms with Gasteiger partial charge in [-0.2, -0.15) is 5.06 Å². The smallest absolute Gasteiger partial charge is 0.109 e. The fourth-order valence-electron chi connectivity index (χ4n) is 0.586. The third-order valence-electron chi connectivity index (χ3n) is 1.15. The zero-order chi connectivity index (χ0) is 7.40. The van der Waals surface area contributed by atoms with Crippen molar-refractivity contribution in [1.29, 1.82) is 0 Å². The number of aromatic nitrogens is 1. The summed E-state index contributed by atoms with van der Waals surface area (Å²) in [5.74, 6) is 0. The third kappa shape index (κ3) is 2.06. The van der Waals surface area contributed by atoms with E-state index in [2.05, 4.69) is 4.98 Å². The Kier molecular flexibility index (Phi) is 2.80. The number of hydrogen-bond acceptors (Lipinski definition) is 4. The summed E-state index contributed by atoms with van der Waals surface area (Å²) >= 11 is 1.63. The molecular weight excluding hydrogens is 148 g/mol. The van der Waals surface area contributed by atoms with Crippen LogP contribution in [-0.2, 0) is 11.4 Å². The fraction of sp³-hybridized carbons (Fsp3) is 0.500. The number of rotatable bonds is 3. The van der Waals surface area contributed by atoms with E-state index in [0.717, 1.165) is 11.6 Å². The SMILES string of the molecule is CON(C)Cc1nccs1. The number of hydroxylamine groups is 2. The van der Waals surface area contributed by atoms with Gasteiger partial charge in [-0.3, -0.25) is 0 Å². The maximum absolute atomic E-state index is 4.92. The summed E-state index contributed by atoms with van der Waals surface area (Å²) in [6, 6.07) is 0. The first kappa shape index (κ1) is 7.65. The van der Waals surface area contributed by atoms with Gasteiger partial charge in [-0.25, -0.2) is 4.98 Å². The Morgan fingerprint density at radius 1 is 1.80 bits per heavy atom. The molecule has 0 unspecified atom stereocenters. The van der Waals surface area contributed by atoms with Crippen LogP contribution in [0, 0.1) is 0 Å². The predicted molar refractivity (Wildman–Crippen MR) is 40.6 cm³/mol. The summed E-state index contributed by atoms with van der Waals surface area (Å²) in [5.41, 5.74) is 0. The minimum Gasteiger partial charge on any atom is -0.302 e. The molecule has 1 rings (SSSR count). The van der Waals surface area contributed by atoms with Crippen LogP contribution in [-0.4, -0.2) is 24.2 Å². The molecule has 3 nitrogen and oxygen atoms in total. The second-order valence-corrected chi connectivity index (χ2v) is 2.87. The molecule has 0 aromatic carbocycles. The van der Waals surface area contributed by atoms with Crippen LogP contribution in [0.4, 0.5) is 0 Å². The Balaban J connectivity index is 2.40. The standard InChI is InChI=1S/C6H10N2OS/c1-8(9-2)5-6-7-3-4-10-6/h3-4H,5H2,1-2H3. The predicted octanol–water partition coefficient (Wildman–Crippen LogP) is 1.14. The van der Waals surface area contributed by atoms with Crippen molar-refractivity contribution in [1.82, 2.24) is 10.0 Å². The lowest BCUT2D eigenvalue weighted by Crippen LogP contribution is -2.15. The van der Waals surface area contributed by atoms with Crippen LogP contribution in [0.3, 0.4) is 0 Å². The lowest BCUT2D eigenvalue weighted by Gasteiger charge is -2.09. The second kappa shape index (κ2) is 3.65. The van der Waals surface area contributed by atoms with Crippen molar-refractivity contribution >= 4 is 11.3 Å². The van der Waals surface area contributed by atoms with Crippen molar-refractivity contribution in [2.45, 2.75) is 6.54 Å². The number of thiazole rings is 1. The molecule has 10 heavy (non-hydrogen) atoms. The van der Waals surface area contributed by atoms with Crippen molar-refractivity contribution < 1.29 is 4.84 Å². The monoisotopic (exact) mass is 158 g/mol. The van der Waals surface area contributed by atoms with Crippen LogP contribution < -0.4 is 0 Å². The maximum Gasteiger partial charge on any atom is 0.109 e. The molecule has 0 aliphatic heterocycles. The Morgan fingerprint density at radius 3 is 3.10 bits per heavy atom. The first-order valence-electron chi connectivity index (χ1n) is 2.96. The zero-order valence-electron chi connectivity index (χ0n) is 6.07. The number of hydrogen-bond donors (Lipinski definition) is 0. The Hall–Kier alpha value is -0.450. The maximum atomic E-state index is 4.92. The molecular formula is C6H10N2OS. The molecule has 0 bridgehead atoms. The quantitative estimate of drug-likeness (QED) is 0.617. The highest BCUT2D eigenvalue weighted by Crippen LogP contribution is 2.05. The van der Waals surface area contributed by atoms with E-state index in [-0.39, 0.29) is 0 Å². The highest BCUT2D eigenvalue weighted by Gasteiger charge is 1.98. The molecule has 0 fully saturated rings. The van der Waals surface area contributed by atoms with Gasteiger partial charge in [0.05, 0.1) is 13.7 Å². The van der Waals surface area contributed by atoms with Gasteiger partial charge in [-0.05, 0) is 0 Å². The van der Waals surface area contributed by atoms with Gasteiger partial charge >= 0.3 is 0 Å². The average Bonchev–Trinajstić information content (AvgIpc) is 2.40. The minimum absolute atomic E-state index is 0.758. The first-order valence-corrected chi connectivity index (χ1v) is 3.84. The fourth-order valence-corrected chi connectivity index (χ4v) is 1.24. The van der Waals surface area contributed by atoms with E-state index in [1.165, 1.54) is 0 Å². The molecule has 1 aromatic rings. The third-order valence-corrected chi connectivity index (χ3v) is 1.92. The highest BCUT2D eigenvalue weighted by molar-refractivity contribution is 7.09. The van der Waals surface area contributed by atoms with Crippen LogP contribution in [0.5, 0.6) is 0 Å². The summed E-state index contributed by atoms with van der Waals surface area (Å²) in [7, 11) is 3.52. The second-order valence-electron chi connectivity index (χ2n) is 1.89. The van der Waals surface area contributed by atoms with E-state index >= 15 is 0 Å². The lowest BCUT2D eigenvalue weighted by molar-refractivity contribution is -0.116. The van der Waals surface area contributed by atoms with Crippen molar-refractivity contribution in [3.63, 3.8) is 0 Å². The first-order chi connectivity index (χ1) is 4.83. The highest BCUT2D eigenvalue weighted by atomic mass is 32.1. The lowest BCUT2D eigenvalue weighted by atomic mass is 10.7. The van der Waals surface area contributed by atoms with Gasteiger partial charge in [-0.1, -0.05) is 0 Å². The Bertz CT molecular complexity index is 176. The molecule has 0 atom stereocenters.